The number of nitrogens with one attached hydrogen (secondary N) is 2. The molecule has 12 heteroatoms. The molecule has 2 unspecified atom stereocenters. The van der Waals surface area contributed by atoms with Crippen molar-refractivity contribution in [2.45, 2.75) is 124 Å². The number of hydrogen-bond acceptors (Lipinski definition) is 9. The van der Waals surface area contributed by atoms with Crippen molar-refractivity contribution in [3.63, 3.8) is 0 Å². The second-order valence-electron chi connectivity index (χ2n) is 15.7. The zero-order chi connectivity index (χ0) is 34.6. The summed E-state index contributed by atoms with van der Waals surface area (Å²) in [7, 11) is 1.35. The van der Waals surface area contributed by atoms with Gasteiger partial charge in [-0.3, -0.25) is 28.8 Å². The number of rotatable bonds is 13. The van der Waals surface area contributed by atoms with Crippen LogP contribution >= 0.6 is 0 Å². The van der Waals surface area contributed by atoms with Crippen LogP contribution in [0.15, 0.2) is 0 Å². The monoisotopic (exact) mass is 649 g/mol. The zero-order valence-electron chi connectivity index (χ0n) is 29.2. The molecule has 2 aliphatic carbocycles. The van der Waals surface area contributed by atoms with Crippen LogP contribution in [0.1, 0.15) is 100 Å². The first-order valence-corrected chi connectivity index (χ1v) is 16.6. The third-order valence-electron chi connectivity index (χ3n) is 9.33. The second kappa shape index (κ2) is 14.8. The van der Waals surface area contributed by atoms with Gasteiger partial charge < -0.3 is 29.7 Å². The predicted octanol–water partition coefficient (Wildman–Crippen LogP) is 2.95. The number of esters is 2. The van der Waals surface area contributed by atoms with E-state index >= 15 is 0 Å². The Bertz CT molecular complexity index is 1160. The SMILES string of the molecule is COCC(NC(=O)[C@@H]1[C@@H]2C(CN1C(=O)[C@@H](CC(=O)OC(C)(C)C)C1CCCCC1)C2(C)C)C(=O)C(=O)NCCC(=O)OC(C)(C)C. The fourth-order valence-corrected chi connectivity index (χ4v) is 7.10. The van der Waals surface area contributed by atoms with Gasteiger partial charge in [-0.1, -0.05) is 33.1 Å². The van der Waals surface area contributed by atoms with E-state index in [1.807, 2.05) is 0 Å². The molecule has 3 amide bonds. The minimum atomic E-state index is -1.30. The van der Waals surface area contributed by atoms with Crippen molar-refractivity contribution in [1.29, 1.82) is 0 Å². The topological polar surface area (TPSA) is 157 Å². The van der Waals surface area contributed by atoms with E-state index in [-0.39, 0.29) is 55.1 Å². The molecule has 1 heterocycles. The van der Waals surface area contributed by atoms with Gasteiger partial charge in [-0.25, -0.2) is 0 Å². The molecule has 0 spiro atoms. The van der Waals surface area contributed by atoms with Crippen LogP contribution in [0.4, 0.5) is 0 Å². The van der Waals surface area contributed by atoms with Crippen LogP contribution in [-0.4, -0.2) is 90.4 Å². The normalized spacial score (nSPS) is 23.8. The van der Waals surface area contributed by atoms with Crippen LogP contribution in [0, 0.1) is 29.1 Å². The number of carbonyl (C=O) groups is 6. The molecule has 2 N–H and O–H groups in total. The third kappa shape index (κ3) is 9.75. The molecule has 1 saturated heterocycles. The van der Waals surface area contributed by atoms with Crippen molar-refractivity contribution in [3.8, 4) is 0 Å². The summed E-state index contributed by atoms with van der Waals surface area (Å²) < 4.78 is 16.0. The molecule has 0 aromatic rings. The summed E-state index contributed by atoms with van der Waals surface area (Å²) in [4.78, 5) is 80.6. The number of carbonyl (C=O) groups excluding carboxylic acids is 6. The quantitative estimate of drug-likeness (QED) is 0.226. The maximum atomic E-state index is 14.3. The molecule has 260 valence electrons. The molecule has 3 aliphatic rings. The number of ketones is 1. The van der Waals surface area contributed by atoms with E-state index in [4.69, 9.17) is 14.2 Å². The fraction of sp³-hybridized carbons (Fsp3) is 0.824. The minimum Gasteiger partial charge on any atom is -0.460 e. The van der Waals surface area contributed by atoms with Crippen LogP contribution in [0.25, 0.3) is 0 Å². The van der Waals surface area contributed by atoms with Crippen molar-refractivity contribution in [3.05, 3.63) is 0 Å². The van der Waals surface area contributed by atoms with Gasteiger partial charge in [-0.15, -0.1) is 0 Å². The minimum absolute atomic E-state index is 0.00890. The number of amides is 3. The van der Waals surface area contributed by atoms with Gasteiger partial charge in [0.25, 0.3) is 5.91 Å². The highest BCUT2D eigenvalue weighted by Gasteiger charge is 2.69. The van der Waals surface area contributed by atoms with Crippen LogP contribution < -0.4 is 10.6 Å². The van der Waals surface area contributed by atoms with Gasteiger partial charge in [-0.2, -0.15) is 0 Å². The first-order chi connectivity index (χ1) is 21.3. The van der Waals surface area contributed by atoms with E-state index in [0.717, 1.165) is 32.1 Å². The van der Waals surface area contributed by atoms with Crippen molar-refractivity contribution in [1.82, 2.24) is 15.5 Å². The molecule has 0 aromatic carbocycles. The third-order valence-corrected chi connectivity index (χ3v) is 9.33. The van der Waals surface area contributed by atoms with Gasteiger partial charge in [0.05, 0.1) is 25.4 Å². The van der Waals surface area contributed by atoms with E-state index in [2.05, 4.69) is 24.5 Å². The number of nitrogens with zero attached hydrogens (tertiary/aromatic N) is 1. The Labute approximate surface area is 273 Å². The summed E-state index contributed by atoms with van der Waals surface area (Å²) in [5.41, 5.74) is -1.56. The first-order valence-electron chi connectivity index (χ1n) is 16.6. The van der Waals surface area contributed by atoms with Crippen LogP contribution in [-0.2, 0) is 43.0 Å². The largest absolute Gasteiger partial charge is 0.460 e. The number of Topliss-reactive ketones (excluding diaryl/α,β-unsaturated/α-hetero) is 1. The second-order valence-corrected chi connectivity index (χ2v) is 15.7. The molecule has 0 bridgehead atoms. The Morgan fingerprint density at radius 2 is 1.48 bits per heavy atom. The molecule has 0 radical (unpaired) electrons. The summed E-state index contributed by atoms with van der Waals surface area (Å²) in [6.07, 6.45) is 4.52. The molecule has 2 saturated carbocycles. The summed E-state index contributed by atoms with van der Waals surface area (Å²) in [6.45, 7) is 14.7. The maximum absolute atomic E-state index is 14.3. The predicted molar refractivity (Wildman–Crippen MR) is 169 cm³/mol. The molecule has 5 atom stereocenters. The highest BCUT2D eigenvalue weighted by molar-refractivity contribution is 6.38. The Hall–Kier alpha value is -3.02. The van der Waals surface area contributed by atoms with Gasteiger partial charge in [-0.05, 0) is 77.6 Å². The van der Waals surface area contributed by atoms with Crippen molar-refractivity contribution < 1.29 is 43.0 Å². The Morgan fingerprint density at radius 3 is 2.04 bits per heavy atom. The maximum Gasteiger partial charge on any atom is 0.308 e. The fourth-order valence-electron chi connectivity index (χ4n) is 7.10. The summed E-state index contributed by atoms with van der Waals surface area (Å²) in [6, 6.07) is -2.16. The van der Waals surface area contributed by atoms with Gasteiger partial charge in [0.15, 0.2) is 0 Å². The summed E-state index contributed by atoms with van der Waals surface area (Å²) >= 11 is 0. The van der Waals surface area contributed by atoms with Crippen molar-refractivity contribution in [2.24, 2.45) is 29.1 Å². The Kier molecular flexibility index (Phi) is 12.1. The van der Waals surface area contributed by atoms with E-state index in [9.17, 15) is 28.8 Å². The number of piperidine rings is 1. The Morgan fingerprint density at radius 1 is 0.891 bits per heavy atom. The van der Waals surface area contributed by atoms with Crippen LogP contribution in [0.5, 0.6) is 0 Å². The van der Waals surface area contributed by atoms with Gasteiger partial charge in [0, 0.05) is 20.2 Å². The molecule has 12 nitrogen and oxygen atoms in total. The summed E-state index contributed by atoms with van der Waals surface area (Å²) in [5, 5.41) is 5.11. The lowest BCUT2D eigenvalue weighted by atomic mass is 9.77. The molecule has 0 aromatic heterocycles. The van der Waals surface area contributed by atoms with Crippen molar-refractivity contribution >= 4 is 35.4 Å². The van der Waals surface area contributed by atoms with E-state index in [1.54, 1.807) is 46.4 Å². The molecule has 1 aliphatic heterocycles. The highest BCUT2D eigenvalue weighted by Crippen LogP contribution is 2.65. The Balaban J connectivity index is 1.75. The van der Waals surface area contributed by atoms with Crippen molar-refractivity contribution in [2.75, 3.05) is 26.8 Å². The lowest BCUT2D eigenvalue weighted by Crippen LogP contribution is -2.57. The zero-order valence-corrected chi connectivity index (χ0v) is 29.2. The van der Waals surface area contributed by atoms with Crippen LogP contribution in [0.3, 0.4) is 0 Å². The lowest BCUT2D eigenvalue weighted by Gasteiger charge is -2.37. The summed E-state index contributed by atoms with van der Waals surface area (Å²) in [5.74, 6) is -4.28. The number of likely N-dealkylation sites (tertiary alicyclic amines) is 1. The van der Waals surface area contributed by atoms with Gasteiger partial charge in [0.1, 0.15) is 23.3 Å². The van der Waals surface area contributed by atoms with E-state index in [0.29, 0.717) is 6.54 Å². The standard InChI is InChI=1S/C34H55N3O9/c1-32(2,3)45-24(38)15-16-35-30(42)28(40)23(19-44-9)36-29(41)27-26-22(34(26,7)8)18-37(27)31(43)21(20-13-11-10-12-14-20)17-25(39)46-33(4,5)6/h20-23,26-27H,10-19H2,1-9H3,(H,35,42)(H,36,41)/t21-,22?,23?,26-,27-/m0/s1. The average Bonchev–Trinajstić information content (AvgIpc) is 3.25. The van der Waals surface area contributed by atoms with E-state index < -0.39 is 58.7 Å². The average molecular weight is 650 g/mol. The molecule has 3 rings (SSSR count). The van der Waals surface area contributed by atoms with Crippen LogP contribution in [0.2, 0.25) is 0 Å². The number of ether oxygens (including phenoxy) is 3. The van der Waals surface area contributed by atoms with E-state index in [1.165, 1.54) is 7.11 Å². The number of methoxy groups -OCH3 is 1. The van der Waals surface area contributed by atoms with Gasteiger partial charge in [0.2, 0.25) is 17.6 Å². The number of fused-ring (bicyclic) bond motifs is 1. The first kappa shape index (κ1) is 37.4. The molecule has 46 heavy (non-hydrogen) atoms. The smallest absolute Gasteiger partial charge is 0.308 e. The molecular weight excluding hydrogens is 594 g/mol. The van der Waals surface area contributed by atoms with Gasteiger partial charge >= 0.3 is 11.9 Å². The highest BCUT2D eigenvalue weighted by atomic mass is 16.6. The molecular formula is C34H55N3O9. The number of hydrogen-bond donors (Lipinski definition) is 2. The lowest BCUT2D eigenvalue weighted by molar-refractivity contribution is -0.160. The molecule has 3 fully saturated rings.